The number of nitrogens with one attached hydrogen (secondary N) is 2. The van der Waals surface area contributed by atoms with Gasteiger partial charge in [0.2, 0.25) is 11.9 Å². The molecule has 1 heterocycles. The van der Waals surface area contributed by atoms with Gasteiger partial charge in [-0.1, -0.05) is 30.3 Å². The van der Waals surface area contributed by atoms with E-state index >= 15 is 0 Å². The predicted molar refractivity (Wildman–Crippen MR) is 109 cm³/mol. The molecule has 7 nitrogen and oxygen atoms in total. The van der Waals surface area contributed by atoms with Crippen molar-refractivity contribution in [2.24, 2.45) is 0 Å². The van der Waals surface area contributed by atoms with Gasteiger partial charge in [-0.15, -0.1) is 0 Å². The number of hydrogen-bond donors (Lipinski definition) is 2. The van der Waals surface area contributed by atoms with Gasteiger partial charge in [0.15, 0.2) is 0 Å². The molecular formula is C21H21N5O2. The standard InChI is InChI=1S/C21H21N5O2/c1-15(27)23-17-8-10-18(11-9-17)24-20(28)19-12-13-22-21(25-19)26(2)14-16-6-4-3-5-7-16/h3-13H,14H2,1-2H3,(H,23,27)(H,24,28). The Bertz CT molecular complexity index is 958. The molecule has 2 aromatic carbocycles. The molecule has 1 aromatic heterocycles. The maximum Gasteiger partial charge on any atom is 0.274 e. The lowest BCUT2D eigenvalue weighted by atomic mass is 10.2. The van der Waals surface area contributed by atoms with Crippen molar-refractivity contribution in [3.05, 3.63) is 78.1 Å². The summed E-state index contributed by atoms with van der Waals surface area (Å²) in [4.78, 5) is 34.1. The number of benzene rings is 2. The SMILES string of the molecule is CC(=O)Nc1ccc(NC(=O)c2ccnc(N(C)Cc3ccccc3)n2)cc1. The highest BCUT2D eigenvalue weighted by Crippen LogP contribution is 2.15. The van der Waals surface area contributed by atoms with Gasteiger partial charge in [0.1, 0.15) is 5.69 Å². The normalized spacial score (nSPS) is 10.2. The molecule has 0 saturated carbocycles. The summed E-state index contributed by atoms with van der Waals surface area (Å²) in [5.41, 5.74) is 2.67. The second kappa shape index (κ2) is 8.77. The topological polar surface area (TPSA) is 87.2 Å². The van der Waals surface area contributed by atoms with Crippen LogP contribution in [-0.2, 0) is 11.3 Å². The first-order valence-corrected chi connectivity index (χ1v) is 8.78. The zero-order valence-electron chi connectivity index (χ0n) is 15.7. The van der Waals surface area contributed by atoms with E-state index in [0.717, 1.165) is 5.56 Å². The van der Waals surface area contributed by atoms with Gasteiger partial charge in [-0.3, -0.25) is 9.59 Å². The van der Waals surface area contributed by atoms with Gasteiger partial charge in [-0.25, -0.2) is 9.97 Å². The third-order valence-electron chi connectivity index (χ3n) is 3.94. The van der Waals surface area contributed by atoms with Crippen LogP contribution in [0.3, 0.4) is 0 Å². The summed E-state index contributed by atoms with van der Waals surface area (Å²) < 4.78 is 0. The summed E-state index contributed by atoms with van der Waals surface area (Å²) in [6.45, 7) is 2.08. The first-order chi connectivity index (χ1) is 13.5. The van der Waals surface area contributed by atoms with E-state index < -0.39 is 0 Å². The van der Waals surface area contributed by atoms with Crippen molar-refractivity contribution in [1.29, 1.82) is 0 Å². The molecule has 28 heavy (non-hydrogen) atoms. The van der Waals surface area contributed by atoms with Crippen molar-refractivity contribution in [1.82, 2.24) is 9.97 Å². The van der Waals surface area contributed by atoms with Crippen LogP contribution >= 0.6 is 0 Å². The number of hydrogen-bond acceptors (Lipinski definition) is 5. The molecule has 2 N–H and O–H groups in total. The molecule has 0 bridgehead atoms. The van der Waals surface area contributed by atoms with Gasteiger partial charge in [-0.2, -0.15) is 0 Å². The van der Waals surface area contributed by atoms with Crippen molar-refractivity contribution >= 4 is 29.1 Å². The highest BCUT2D eigenvalue weighted by molar-refractivity contribution is 6.03. The monoisotopic (exact) mass is 375 g/mol. The van der Waals surface area contributed by atoms with E-state index in [9.17, 15) is 9.59 Å². The number of carbonyl (C=O) groups excluding carboxylic acids is 2. The van der Waals surface area contributed by atoms with Gasteiger partial charge in [0.25, 0.3) is 5.91 Å². The average Bonchev–Trinajstić information content (AvgIpc) is 2.70. The van der Waals surface area contributed by atoms with Crippen LogP contribution in [0.5, 0.6) is 0 Å². The zero-order chi connectivity index (χ0) is 19.9. The number of aromatic nitrogens is 2. The summed E-state index contributed by atoms with van der Waals surface area (Å²) >= 11 is 0. The summed E-state index contributed by atoms with van der Waals surface area (Å²) in [7, 11) is 1.88. The van der Waals surface area contributed by atoms with Crippen molar-refractivity contribution in [3.63, 3.8) is 0 Å². The van der Waals surface area contributed by atoms with Crippen LogP contribution < -0.4 is 15.5 Å². The third-order valence-corrected chi connectivity index (χ3v) is 3.94. The Kier molecular flexibility index (Phi) is 5.96. The molecule has 0 unspecified atom stereocenters. The fourth-order valence-corrected chi connectivity index (χ4v) is 2.62. The van der Waals surface area contributed by atoms with E-state index in [-0.39, 0.29) is 17.5 Å². The molecule has 0 spiro atoms. The maximum atomic E-state index is 12.5. The van der Waals surface area contributed by atoms with Crippen molar-refractivity contribution in [2.45, 2.75) is 13.5 Å². The molecule has 0 atom stereocenters. The van der Waals surface area contributed by atoms with E-state index in [1.54, 1.807) is 36.5 Å². The molecule has 0 radical (unpaired) electrons. The smallest absolute Gasteiger partial charge is 0.274 e. The van der Waals surface area contributed by atoms with E-state index in [0.29, 0.717) is 23.9 Å². The molecule has 0 aliphatic rings. The lowest BCUT2D eigenvalue weighted by Crippen LogP contribution is -2.21. The van der Waals surface area contributed by atoms with Gasteiger partial charge < -0.3 is 15.5 Å². The summed E-state index contributed by atoms with van der Waals surface area (Å²) in [6, 6.07) is 18.4. The predicted octanol–water partition coefficient (Wildman–Crippen LogP) is 3.32. The summed E-state index contributed by atoms with van der Waals surface area (Å²) in [5.74, 6) is -0.00790. The third kappa shape index (κ3) is 5.14. The fraction of sp³-hybridized carbons (Fsp3) is 0.143. The van der Waals surface area contributed by atoms with Crippen LogP contribution in [0, 0.1) is 0 Å². The Morgan fingerprint density at radius 1 is 0.929 bits per heavy atom. The zero-order valence-corrected chi connectivity index (χ0v) is 15.7. The minimum absolute atomic E-state index is 0.148. The summed E-state index contributed by atoms with van der Waals surface area (Å²) in [5, 5.41) is 5.47. The first kappa shape index (κ1) is 19.0. The largest absolute Gasteiger partial charge is 0.340 e. The Balaban J connectivity index is 1.67. The van der Waals surface area contributed by atoms with Gasteiger partial charge in [-0.05, 0) is 35.9 Å². The molecule has 0 saturated heterocycles. The minimum atomic E-state index is -0.330. The second-order valence-electron chi connectivity index (χ2n) is 6.30. The number of carbonyl (C=O) groups is 2. The Hall–Kier alpha value is -3.74. The van der Waals surface area contributed by atoms with Crippen molar-refractivity contribution in [2.75, 3.05) is 22.6 Å². The quantitative estimate of drug-likeness (QED) is 0.690. The number of nitrogens with zero attached hydrogens (tertiary/aromatic N) is 3. The van der Waals surface area contributed by atoms with E-state index in [4.69, 9.17) is 0 Å². The average molecular weight is 375 g/mol. The highest BCUT2D eigenvalue weighted by Gasteiger charge is 2.12. The molecule has 0 fully saturated rings. The Morgan fingerprint density at radius 3 is 2.21 bits per heavy atom. The molecule has 3 rings (SSSR count). The lowest BCUT2D eigenvalue weighted by Gasteiger charge is -2.17. The number of rotatable bonds is 6. The van der Waals surface area contributed by atoms with E-state index in [2.05, 4.69) is 20.6 Å². The van der Waals surface area contributed by atoms with Crippen LogP contribution in [-0.4, -0.2) is 28.8 Å². The number of anilines is 3. The molecule has 2 amide bonds. The summed E-state index contributed by atoms with van der Waals surface area (Å²) in [6.07, 6.45) is 1.57. The molecule has 7 heteroatoms. The van der Waals surface area contributed by atoms with E-state index in [1.165, 1.54) is 6.92 Å². The molecule has 0 aliphatic carbocycles. The minimum Gasteiger partial charge on any atom is -0.340 e. The van der Waals surface area contributed by atoms with Gasteiger partial charge >= 0.3 is 0 Å². The molecular weight excluding hydrogens is 354 g/mol. The Labute approximate surface area is 163 Å². The molecule has 0 aliphatic heterocycles. The lowest BCUT2D eigenvalue weighted by molar-refractivity contribution is -0.114. The van der Waals surface area contributed by atoms with Crippen molar-refractivity contribution < 1.29 is 9.59 Å². The van der Waals surface area contributed by atoms with Crippen molar-refractivity contribution in [3.8, 4) is 0 Å². The fourth-order valence-electron chi connectivity index (χ4n) is 2.62. The second-order valence-corrected chi connectivity index (χ2v) is 6.30. The van der Waals surface area contributed by atoms with Crippen LogP contribution in [0.15, 0.2) is 66.9 Å². The van der Waals surface area contributed by atoms with Gasteiger partial charge in [0.05, 0.1) is 0 Å². The number of amides is 2. The van der Waals surface area contributed by atoms with Crippen LogP contribution in [0.4, 0.5) is 17.3 Å². The van der Waals surface area contributed by atoms with Crippen LogP contribution in [0.2, 0.25) is 0 Å². The molecule has 3 aromatic rings. The van der Waals surface area contributed by atoms with Crippen LogP contribution in [0.1, 0.15) is 23.0 Å². The van der Waals surface area contributed by atoms with Crippen LogP contribution in [0.25, 0.3) is 0 Å². The van der Waals surface area contributed by atoms with E-state index in [1.807, 2.05) is 42.3 Å². The highest BCUT2D eigenvalue weighted by atomic mass is 16.2. The maximum absolute atomic E-state index is 12.5. The Morgan fingerprint density at radius 2 is 1.57 bits per heavy atom. The van der Waals surface area contributed by atoms with Gasteiger partial charge in [0, 0.05) is 38.1 Å². The molecule has 142 valence electrons. The first-order valence-electron chi connectivity index (χ1n) is 8.78.